The van der Waals surface area contributed by atoms with E-state index in [9.17, 15) is 0 Å². The smallest absolute Gasteiger partial charge is 0.0467 e. The third-order valence-corrected chi connectivity index (χ3v) is 4.17. The van der Waals surface area contributed by atoms with Crippen LogP contribution in [0.4, 0.5) is 0 Å². The van der Waals surface area contributed by atoms with E-state index in [2.05, 4.69) is 57.3 Å². The Bertz CT molecular complexity index is 383. The topological polar surface area (TPSA) is 21.3 Å². The minimum Gasteiger partial charge on any atom is -0.385 e. The maximum Gasteiger partial charge on any atom is 0.0467 e. The van der Waals surface area contributed by atoms with Crippen molar-refractivity contribution >= 4 is 0 Å². The van der Waals surface area contributed by atoms with Crippen LogP contribution in [-0.4, -0.2) is 20.3 Å². The summed E-state index contributed by atoms with van der Waals surface area (Å²) >= 11 is 0. The molecule has 0 amide bonds. The molecule has 0 radical (unpaired) electrons. The van der Waals surface area contributed by atoms with Crippen molar-refractivity contribution in [2.24, 2.45) is 5.41 Å². The molecule has 1 aromatic rings. The zero-order valence-electron chi connectivity index (χ0n) is 14.5. The van der Waals surface area contributed by atoms with Crippen LogP contribution in [0.25, 0.3) is 0 Å². The Hall–Kier alpha value is -0.860. The van der Waals surface area contributed by atoms with Crippen LogP contribution in [0, 0.1) is 5.41 Å². The lowest BCUT2D eigenvalue weighted by atomic mass is 9.89. The Morgan fingerprint density at radius 2 is 1.86 bits per heavy atom. The predicted molar refractivity (Wildman–Crippen MR) is 91.7 cm³/mol. The van der Waals surface area contributed by atoms with E-state index in [1.807, 2.05) is 0 Å². The Balaban J connectivity index is 2.46. The van der Waals surface area contributed by atoms with Crippen molar-refractivity contribution in [3.05, 3.63) is 35.4 Å². The van der Waals surface area contributed by atoms with Gasteiger partial charge in [-0.15, -0.1) is 0 Å². The summed E-state index contributed by atoms with van der Waals surface area (Å²) in [5.74, 6) is 0. The fourth-order valence-electron chi connectivity index (χ4n) is 2.37. The van der Waals surface area contributed by atoms with Crippen molar-refractivity contribution < 1.29 is 4.74 Å². The molecule has 21 heavy (non-hydrogen) atoms. The van der Waals surface area contributed by atoms with E-state index < -0.39 is 0 Å². The number of methoxy groups -OCH3 is 1. The van der Waals surface area contributed by atoms with E-state index in [-0.39, 0.29) is 5.41 Å². The number of ether oxygens (including phenoxy) is 1. The highest BCUT2D eigenvalue weighted by Crippen LogP contribution is 2.21. The van der Waals surface area contributed by atoms with Crippen LogP contribution in [0.15, 0.2) is 24.3 Å². The average Bonchev–Trinajstić information content (AvgIpc) is 2.49. The lowest BCUT2D eigenvalue weighted by molar-refractivity contribution is 0.149. The van der Waals surface area contributed by atoms with E-state index in [0.717, 1.165) is 19.6 Å². The van der Waals surface area contributed by atoms with E-state index >= 15 is 0 Å². The summed E-state index contributed by atoms with van der Waals surface area (Å²) in [6.07, 6.45) is 4.82. The molecule has 2 nitrogen and oxygen atoms in total. The second-order valence-corrected chi connectivity index (χ2v) is 6.85. The lowest BCUT2D eigenvalue weighted by Gasteiger charge is -2.27. The van der Waals surface area contributed by atoms with E-state index in [1.54, 1.807) is 7.11 Å². The van der Waals surface area contributed by atoms with Gasteiger partial charge in [0.15, 0.2) is 0 Å². The summed E-state index contributed by atoms with van der Waals surface area (Å²) in [5.41, 5.74) is 3.09. The molecule has 1 aromatic carbocycles. The van der Waals surface area contributed by atoms with Crippen molar-refractivity contribution in [1.82, 2.24) is 5.32 Å². The molecule has 0 spiro atoms. The van der Waals surface area contributed by atoms with Gasteiger partial charge in [-0.1, -0.05) is 51.5 Å². The molecule has 2 heteroatoms. The number of unbranched alkanes of at least 4 members (excludes halogenated alkanes) is 1. The molecule has 0 bridgehead atoms. The van der Waals surface area contributed by atoms with Crippen molar-refractivity contribution in [1.29, 1.82) is 0 Å². The molecule has 0 saturated carbocycles. The Morgan fingerprint density at radius 3 is 2.43 bits per heavy atom. The maximum atomic E-state index is 5.19. The van der Waals surface area contributed by atoms with Crippen molar-refractivity contribution in [2.45, 2.75) is 59.4 Å². The first-order chi connectivity index (χ1) is 9.98. The van der Waals surface area contributed by atoms with Crippen LogP contribution < -0.4 is 5.32 Å². The number of rotatable bonds is 10. The van der Waals surface area contributed by atoms with Gasteiger partial charge in [0.1, 0.15) is 0 Å². The standard InChI is InChI=1S/C19H33NO/c1-6-7-8-17-9-11-18(12-10-17)16(2)20-15-19(3,4)13-14-21-5/h9-12,16,20H,6-8,13-15H2,1-5H3. The highest BCUT2D eigenvalue weighted by Gasteiger charge is 2.18. The van der Waals surface area contributed by atoms with Crippen LogP contribution in [-0.2, 0) is 11.2 Å². The SMILES string of the molecule is CCCCc1ccc(C(C)NCC(C)(C)CCOC)cc1. The second kappa shape index (κ2) is 9.22. The van der Waals surface area contributed by atoms with Gasteiger partial charge in [0.2, 0.25) is 0 Å². The Kier molecular flexibility index (Phi) is 7.98. The van der Waals surface area contributed by atoms with Gasteiger partial charge < -0.3 is 10.1 Å². The number of benzene rings is 1. The van der Waals surface area contributed by atoms with Gasteiger partial charge in [0.05, 0.1) is 0 Å². The summed E-state index contributed by atoms with van der Waals surface area (Å²) in [6, 6.07) is 9.49. The van der Waals surface area contributed by atoms with Crippen LogP contribution in [0.5, 0.6) is 0 Å². The molecule has 0 aliphatic carbocycles. The highest BCUT2D eigenvalue weighted by atomic mass is 16.5. The molecule has 120 valence electrons. The fourth-order valence-corrected chi connectivity index (χ4v) is 2.37. The minimum absolute atomic E-state index is 0.269. The third kappa shape index (κ3) is 7.10. The molecule has 1 atom stereocenters. The lowest BCUT2D eigenvalue weighted by Crippen LogP contribution is -2.32. The van der Waals surface area contributed by atoms with Crippen LogP contribution in [0.1, 0.15) is 64.1 Å². The summed E-state index contributed by atoms with van der Waals surface area (Å²) < 4.78 is 5.19. The van der Waals surface area contributed by atoms with Crippen molar-refractivity contribution in [3.63, 3.8) is 0 Å². The van der Waals surface area contributed by atoms with E-state index in [4.69, 9.17) is 4.74 Å². The van der Waals surface area contributed by atoms with Gasteiger partial charge in [-0.2, -0.15) is 0 Å². The zero-order valence-corrected chi connectivity index (χ0v) is 14.5. The van der Waals surface area contributed by atoms with Crippen molar-refractivity contribution in [2.75, 3.05) is 20.3 Å². The zero-order chi connectivity index (χ0) is 15.7. The molecule has 1 unspecified atom stereocenters. The first-order valence-corrected chi connectivity index (χ1v) is 8.29. The molecular weight excluding hydrogens is 258 g/mol. The van der Waals surface area contributed by atoms with E-state index in [1.165, 1.54) is 30.4 Å². The fraction of sp³-hybridized carbons (Fsp3) is 0.684. The van der Waals surface area contributed by atoms with Crippen molar-refractivity contribution in [3.8, 4) is 0 Å². The second-order valence-electron chi connectivity index (χ2n) is 6.85. The number of nitrogens with one attached hydrogen (secondary N) is 1. The molecule has 0 saturated heterocycles. The third-order valence-electron chi connectivity index (χ3n) is 4.17. The quantitative estimate of drug-likeness (QED) is 0.672. The van der Waals surface area contributed by atoms with Crippen LogP contribution in [0.2, 0.25) is 0 Å². The molecule has 0 aliphatic heterocycles. The summed E-state index contributed by atoms with van der Waals surface area (Å²) in [5, 5.41) is 3.66. The molecule has 1 N–H and O–H groups in total. The number of aryl methyl sites for hydroxylation is 1. The minimum atomic E-state index is 0.269. The molecule has 0 heterocycles. The van der Waals surface area contributed by atoms with Crippen LogP contribution >= 0.6 is 0 Å². The normalized spacial score (nSPS) is 13.4. The predicted octanol–water partition coefficient (Wildman–Crippen LogP) is 4.74. The first kappa shape index (κ1) is 18.2. The maximum absolute atomic E-state index is 5.19. The summed E-state index contributed by atoms with van der Waals surface area (Å²) in [4.78, 5) is 0. The largest absolute Gasteiger partial charge is 0.385 e. The molecule has 1 rings (SSSR count). The Labute approximate surface area is 131 Å². The van der Waals surface area contributed by atoms with Crippen LogP contribution in [0.3, 0.4) is 0 Å². The van der Waals surface area contributed by atoms with Gasteiger partial charge in [0.25, 0.3) is 0 Å². The van der Waals surface area contributed by atoms with Gasteiger partial charge in [0, 0.05) is 26.3 Å². The summed E-state index contributed by atoms with van der Waals surface area (Å²) in [7, 11) is 1.77. The van der Waals surface area contributed by atoms with Gasteiger partial charge in [-0.3, -0.25) is 0 Å². The summed E-state index contributed by atoms with van der Waals surface area (Å²) in [6.45, 7) is 10.9. The molecule has 0 aromatic heterocycles. The van der Waals surface area contributed by atoms with Gasteiger partial charge in [-0.25, -0.2) is 0 Å². The number of hydrogen-bond acceptors (Lipinski definition) is 2. The van der Waals surface area contributed by atoms with E-state index in [0.29, 0.717) is 6.04 Å². The Morgan fingerprint density at radius 1 is 1.19 bits per heavy atom. The molecule has 0 fully saturated rings. The molecular formula is C19H33NO. The van der Waals surface area contributed by atoms with Gasteiger partial charge in [-0.05, 0) is 42.7 Å². The highest BCUT2D eigenvalue weighted by molar-refractivity contribution is 5.24. The molecule has 0 aliphatic rings. The van der Waals surface area contributed by atoms with Gasteiger partial charge >= 0.3 is 0 Å². The number of hydrogen-bond donors (Lipinski definition) is 1. The first-order valence-electron chi connectivity index (χ1n) is 8.29. The average molecular weight is 291 g/mol. The monoisotopic (exact) mass is 291 g/mol.